The van der Waals surface area contributed by atoms with Crippen molar-refractivity contribution in [3.05, 3.63) is 24.3 Å². The lowest BCUT2D eigenvalue weighted by atomic mass is 10.2. The summed E-state index contributed by atoms with van der Waals surface area (Å²) < 4.78 is 55.0. The van der Waals surface area contributed by atoms with Gasteiger partial charge in [-0.3, -0.25) is 4.79 Å². The Balaban J connectivity index is 2.91. The van der Waals surface area contributed by atoms with Crippen LogP contribution in [0.4, 0.5) is 23.2 Å². The highest BCUT2D eigenvalue weighted by molar-refractivity contribution is 5.97. The molecular weight excluding hydrogens is 266 g/mol. The Morgan fingerprint density at radius 1 is 1.26 bits per heavy atom. The van der Waals surface area contributed by atoms with Crippen molar-refractivity contribution in [3.8, 4) is 5.75 Å². The number of hydrogen-bond donors (Lipinski definition) is 1. The van der Waals surface area contributed by atoms with Gasteiger partial charge in [0.25, 0.3) is 0 Å². The Kier molecular flexibility index (Phi) is 4.74. The van der Waals surface area contributed by atoms with Crippen molar-refractivity contribution in [3.63, 3.8) is 0 Å². The van der Waals surface area contributed by atoms with E-state index in [2.05, 4.69) is 0 Å². The summed E-state index contributed by atoms with van der Waals surface area (Å²) in [6.07, 6.45) is -4.32. The van der Waals surface area contributed by atoms with E-state index in [1.165, 1.54) is 18.2 Å². The fourth-order valence-electron chi connectivity index (χ4n) is 1.23. The van der Waals surface area contributed by atoms with Crippen molar-refractivity contribution in [2.45, 2.75) is 32.3 Å². The summed E-state index contributed by atoms with van der Waals surface area (Å²) in [4.78, 5) is 11.1. The van der Waals surface area contributed by atoms with Gasteiger partial charge in [-0.25, -0.2) is 8.78 Å². The largest absolute Gasteiger partial charge is 0.489 e. The van der Waals surface area contributed by atoms with E-state index in [-0.39, 0.29) is 17.5 Å². The summed E-state index contributed by atoms with van der Waals surface area (Å²) in [6.45, 7) is 3.40. The number of amides is 1. The molecule has 3 nitrogen and oxygen atoms in total. The van der Waals surface area contributed by atoms with Gasteiger partial charge in [0.05, 0.1) is 11.8 Å². The third-order valence-electron chi connectivity index (χ3n) is 2.07. The van der Waals surface area contributed by atoms with Gasteiger partial charge in [0.2, 0.25) is 0 Å². The first-order valence-corrected chi connectivity index (χ1v) is 5.48. The topological polar surface area (TPSA) is 38.3 Å². The van der Waals surface area contributed by atoms with Crippen LogP contribution in [0.15, 0.2) is 24.3 Å². The van der Waals surface area contributed by atoms with Gasteiger partial charge in [0.15, 0.2) is 0 Å². The lowest BCUT2D eigenvalue weighted by Gasteiger charge is -2.18. The van der Waals surface area contributed by atoms with Crippen LogP contribution in [-0.4, -0.2) is 24.4 Å². The molecule has 19 heavy (non-hydrogen) atoms. The van der Waals surface area contributed by atoms with E-state index in [1.54, 1.807) is 25.2 Å². The SMILES string of the molecule is CC(C)Oc1ccccc1NC(=O)C(F)(F)C(F)F. The second-order valence-corrected chi connectivity index (χ2v) is 4.04. The number of ether oxygens (including phenoxy) is 1. The van der Waals surface area contributed by atoms with Crippen LogP contribution in [0.2, 0.25) is 0 Å². The lowest BCUT2D eigenvalue weighted by Crippen LogP contribution is -2.41. The van der Waals surface area contributed by atoms with Crippen molar-refractivity contribution in [2.24, 2.45) is 0 Å². The summed E-state index contributed by atoms with van der Waals surface area (Å²) in [6, 6.07) is 5.76. The Labute approximate surface area is 107 Å². The van der Waals surface area contributed by atoms with E-state index in [1.807, 2.05) is 0 Å². The molecule has 1 aromatic rings. The van der Waals surface area contributed by atoms with Crippen LogP contribution < -0.4 is 10.1 Å². The molecule has 106 valence electrons. The molecule has 1 rings (SSSR count). The summed E-state index contributed by atoms with van der Waals surface area (Å²) in [7, 11) is 0. The van der Waals surface area contributed by atoms with Crippen molar-refractivity contribution >= 4 is 11.6 Å². The van der Waals surface area contributed by atoms with Gasteiger partial charge in [-0.05, 0) is 26.0 Å². The number of hydrogen-bond acceptors (Lipinski definition) is 2. The maximum atomic E-state index is 12.8. The lowest BCUT2D eigenvalue weighted by molar-refractivity contribution is -0.163. The van der Waals surface area contributed by atoms with Crippen molar-refractivity contribution in [1.82, 2.24) is 0 Å². The average Bonchev–Trinajstić information content (AvgIpc) is 2.30. The van der Waals surface area contributed by atoms with Crippen molar-refractivity contribution < 1.29 is 27.1 Å². The first-order valence-electron chi connectivity index (χ1n) is 5.48. The molecule has 0 aromatic heterocycles. The van der Waals surface area contributed by atoms with E-state index in [0.29, 0.717) is 0 Å². The second-order valence-electron chi connectivity index (χ2n) is 4.04. The van der Waals surface area contributed by atoms with Gasteiger partial charge in [-0.1, -0.05) is 12.1 Å². The number of halogens is 4. The molecule has 0 spiro atoms. The van der Waals surface area contributed by atoms with Gasteiger partial charge < -0.3 is 10.1 Å². The summed E-state index contributed by atoms with van der Waals surface area (Å²) in [5.41, 5.74) is -0.0819. The number of anilines is 1. The molecule has 1 aromatic carbocycles. The van der Waals surface area contributed by atoms with Crippen LogP contribution in [0.1, 0.15) is 13.8 Å². The summed E-state index contributed by atoms with van der Waals surface area (Å²) in [5.74, 6) is -6.68. The highest BCUT2D eigenvalue weighted by Gasteiger charge is 2.49. The number of rotatable bonds is 5. The molecule has 0 atom stereocenters. The molecule has 0 aliphatic heterocycles. The Morgan fingerprint density at radius 3 is 2.37 bits per heavy atom. The van der Waals surface area contributed by atoms with Gasteiger partial charge in [0, 0.05) is 0 Å². The molecule has 0 fully saturated rings. The Bertz CT molecular complexity index is 449. The van der Waals surface area contributed by atoms with Gasteiger partial charge >= 0.3 is 18.3 Å². The predicted octanol–water partition coefficient (Wildman–Crippen LogP) is 3.31. The number of alkyl halides is 4. The first kappa shape index (κ1) is 15.3. The molecule has 0 heterocycles. The third-order valence-corrected chi connectivity index (χ3v) is 2.07. The fraction of sp³-hybridized carbons (Fsp3) is 0.417. The quantitative estimate of drug-likeness (QED) is 0.840. The molecule has 1 N–H and O–H groups in total. The molecule has 0 saturated carbocycles. The zero-order valence-corrected chi connectivity index (χ0v) is 10.3. The minimum atomic E-state index is -4.75. The maximum absolute atomic E-state index is 12.8. The summed E-state index contributed by atoms with van der Waals surface area (Å²) >= 11 is 0. The smallest absolute Gasteiger partial charge is 0.383 e. The molecule has 0 unspecified atom stereocenters. The zero-order chi connectivity index (χ0) is 14.6. The molecule has 0 saturated heterocycles. The number of benzene rings is 1. The maximum Gasteiger partial charge on any atom is 0.383 e. The summed E-state index contributed by atoms with van der Waals surface area (Å²) in [5, 5.41) is 1.74. The van der Waals surface area contributed by atoms with Gasteiger partial charge in [-0.2, -0.15) is 8.78 Å². The molecule has 1 amide bonds. The molecule has 0 bridgehead atoms. The minimum Gasteiger partial charge on any atom is -0.489 e. The molecule has 7 heteroatoms. The van der Waals surface area contributed by atoms with Crippen LogP contribution >= 0.6 is 0 Å². The van der Waals surface area contributed by atoms with Gasteiger partial charge in [-0.15, -0.1) is 0 Å². The van der Waals surface area contributed by atoms with E-state index in [9.17, 15) is 22.4 Å². The number of nitrogens with one attached hydrogen (secondary N) is 1. The third kappa shape index (κ3) is 3.84. The monoisotopic (exact) mass is 279 g/mol. The zero-order valence-electron chi connectivity index (χ0n) is 10.3. The second kappa shape index (κ2) is 5.90. The molecule has 0 aliphatic carbocycles. The number of para-hydroxylation sites is 2. The molecular formula is C12H13F4NO2. The number of carbonyl (C=O) groups is 1. The van der Waals surface area contributed by atoms with Crippen LogP contribution in [0, 0.1) is 0 Å². The number of carbonyl (C=O) groups excluding carboxylic acids is 1. The van der Waals surface area contributed by atoms with E-state index in [4.69, 9.17) is 4.74 Å². The van der Waals surface area contributed by atoms with E-state index < -0.39 is 18.3 Å². The van der Waals surface area contributed by atoms with Crippen LogP contribution in [0.5, 0.6) is 5.75 Å². The molecule has 0 radical (unpaired) electrons. The first-order chi connectivity index (χ1) is 8.75. The standard InChI is InChI=1S/C12H13F4NO2/c1-7(2)19-9-6-4-3-5-8(9)17-11(18)12(15,16)10(13)14/h3-7,10H,1-2H3,(H,17,18). The van der Waals surface area contributed by atoms with Crippen LogP contribution in [0.3, 0.4) is 0 Å². The minimum absolute atomic E-state index is 0.0819. The highest BCUT2D eigenvalue weighted by atomic mass is 19.3. The average molecular weight is 279 g/mol. The predicted molar refractivity (Wildman–Crippen MR) is 61.8 cm³/mol. The normalized spacial score (nSPS) is 11.8. The van der Waals surface area contributed by atoms with Crippen molar-refractivity contribution in [1.29, 1.82) is 0 Å². The Hall–Kier alpha value is -1.79. The van der Waals surface area contributed by atoms with Crippen LogP contribution in [0.25, 0.3) is 0 Å². The van der Waals surface area contributed by atoms with Gasteiger partial charge in [0.1, 0.15) is 5.75 Å². The fourth-order valence-corrected chi connectivity index (χ4v) is 1.23. The van der Waals surface area contributed by atoms with Crippen LogP contribution in [-0.2, 0) is 4.79 Å². The Morgan fingerprint density at radius 2 is 1.84 bits per heavy atom. The highest BCUT2D eigenvalue weighted by Crippen LogP contribution is 2.29. The molecule has 0 aliphatic rings. The van der Waals surface area contributed by atoms with Crippen molar-refractivity contribution in [2.75, 3.05) is 5.32 Å². The van der Waals surface area contributed by atoms with E-state index >= 15 is 0 Å². The van der Waals surface area contributed by atoms with E-state index in [0.717, 1.165) is 0 Å².